The van der Waals surface area contributed by atoms with Crippen LogP contribution >= 0.6 is 34.4 Å². The van der Waals surface area contributed by atoms with Crippen molar-refractivity contribution in [1.29, 1.82) is 0 Å². The molecular weight excluding hydrogens is 859 g/mol. The van der Waals surface area contributed by atoms with Crippen molar-refractivity contribution >= 4 is 68.8 Å². The Balaban J connectivity index is 1.24. The topological polar surface area (TPSA) is 384 Å². The molecule has 29 heteroatoms. The van der Waals surface area contributed by atoms with Gasteiger partial charge in [-0.1, -0.05) is 38.2 Å². The number of hydrogen-bond acceptors (Lipinski definition) is 18. The van der Waals surface area contributed by atoms with Crippen LogP contribution in [-0.2, 0) is 50.7 Å². The molecule has 2 aliphatic rings. The van der Waals surface area contributed by atoms with E-state index in [0.717, 1.165) is 22.8 Å². The number of amides is 2. The summed E-state index contributed by atoms with van der Waals surface area (Å²) in [5.74, 6) is -1.20. The first-order valence-corrected chi connectivity index (χ1v) is 23.3. The maximum absolute atomic E-state index is 12.7. The van der Waals surface area contributed by atoms with Gasteiger partial charge in [-0.05, 0) is 12.2 Å². The average molecular weight is 906 g/mol. The number of nitrogen functional groups attached to an aromatic ring is 1. The molecule has 4 rings (SSSR count). The first-order valence-electron chi connectivity index (χ1n) is 17.2. The van der Waals surface area contributed by atoms with Crippen molar-refractivity contribution in [3.05, 3.63) is 37.0 Å². The number of aliphatic hydroxyl groups is 3. The molecule has 3 heterocycles. The molecule has 326 valence electrons. The molecule has 1 saturated heterocycles. The highest BCUT2D eigenvalue weighted by molar-refractivity contribution is 8.28. The molecule has 6 unspecified atom stereocenters. The summed E-state index contributed by atoms with van der Waals surface area (Å²) < 4.78 is 62.2. The minimum absolute atomic E-state index is 0.0254. The van der Waals surface area contributed by atoms with Gasteiger partial charge >= 0.3 is 23.5 Å². The zero-order valence-electron chi connectivity index (χ0n) is 30.8. The van der Waals surface area contributed by atoms with E-state index in [1.807, 2.05) is 0 Å². The van der Waals surface area contributed by atoms with Crippen LogP contribution in [0.25, 0.3) is 11.2 Å². The summed E-state index contributed by atoms with van der Waals surface area (Å²) in [5, 5.41) is 36.4. The predicted molar refractivity (Wildman–Crippen MR) is 203 cm³/mol. The summed E-state index contributed by atoms with van der Waals surface area (Å²) in [4.78, 5) is 87.6. The number of fused-ring (bicyclic) bond motifs is 1. The van der Waals surface area contributed by atoms with Gasteiger partial charge in [0.15, 0.2) is 23.3 Å². The van der Waals surface area contributed by atoms with Crippen molar-refractivity contribution in [1.82, 2.24) is 30.2 Å². The number of thiol groups is 1. The lowest BCUT2D eigenvalue weighted by atomic mass is 9.87. The number of nitrogens with two attached hydrogens (primary N) is 1. The number of phosphoric ester groups is 3. The molecule has 0 spiro atoms. The van der Waals surface area contributed by atoms with Gasteiger partial charge in [0.25, 0.3) is 0 Å². The molecule has 1 fully saturated rings. The van der Waals surface area contributed by atoms with Gasteiger partial charge in [0.05, 0.1) is 25.6 Å². The number of hydrogen-bond donors (Lipinski definition) is 11. The minimum atomic E-state index is -5.58. The Bertz CT molecular complexity index is 1980. The number of aromatic nitrogens is 4. The van der Waals surface area contributed by atoms with Crippen molar-refractivity contribution in [3.63, 3.8) is 0 Å². The van der Waals surface area contributed by atoms with E-state index in [2.05, 4.69) is 34.4 Å². The van der Waals surface area contributed by atoms with Crippen LogP contribution in [0, 0.1) is 5.41 Å². The molecule has 0 aromatic carbocycles. The van der Waals surface area contributed by atoms with Crippen LogP contribution in [0.3, 0.4) is 0 Å². The second-order valence-electron chi connectivity index (χ2n) is 13.5. The number of rotatable bonds is 21. The Hall–Kier alpha value is -3.00. The molecule has 1 aliphatic carbocycles. The molecule has 58 heavy (non-hydrogen) atoms. The van der Waals surface area contributed by atoms with E-state index in [-0.39, 0.29) is 41.7 Å². The number of anilines is 1. The van der Waals surface area contributed by atoms with E-state index in [0.29, 0.717) is 12.2 Å². The fraction of sp³-hybridized carbons (Fsp3) is 0.586. The Morgan fingerprint density at radius 3 is 2.48 bits per heavy atom. The van der Waals surface area contributed by atoms with Crippen LogP contribution < -0.4 is 16.4 Å². The van der Waals surface area contributed by atoms with Gasteiger partial charge in [0.1, 0.15) is 36.3 Å². The van der Waals surface area contributed by atoms with E-state index in [1.54, 1.807) is 24.3 Å². The number of nitrogens with one attached hydrogen (secondary N) is 2. The Morgan fingerprint density at radius 1 is 1.09 bits per heavy atom. The molecule has 0 bridgehead atoms. The number of nitrogens with zero attached hydrogens (tertiary/aromatic N) is 4. The number of allylic oxidation sites excluding steroid dienone is 2. The van der Waals surface area contributed by atoms with Gasteiger partial charge in [0, 0.05) is 30.2 Å². The lowest BCUT2D eigenvalue weighted by Gasteiger charge is -2.30. The molecule has 2 aromatic heterocycles. The van der Waals surface area contributed by atoms with Gasteiger partial charge < -0.3 is 56.0 Å². The first-order chi connectivity index (χ1) is 27.0. The summed E-state index contributed by atoms with van der Waals surface area (Å²) in [7, 11) is -17.7. The van der Waals surface area contributed by atoms with E-state index < -0.39 is 102 Å². The van der Waals surface area contributed by atoms with Crippen molar-refractivity contribution < 1.29 is 85.6 Å². The summed E-state index contributed by atoms with van der Waals surface area (Å²) in [6.45, 7) is 0.354. The van der Waals surface area contributed by atoms with Crippen LogP contribution in [0.4, 0.5) is 5.82 Å². The molecule has 25 nitrogen and oxygen atoms in total. The second kappa shape index (κ2) is 20.0. The zero-order chi connectivity index (χ0) is 43.1. The van der Waals surface area contributed by atoms with Crippen molar-refractivity contribution in [3.8, 4) is 0 Å². The van der Waals surface area contributed by atoms with Crippen LogP contribution in [0.5, 0.6) is 0 Å². The number of phosphoric acid groups is 3. The molecule has 0 radical (unpaired) electrons. The SMILES string of the molecule is CC(C)(COP(=O)(O)OP(=O)(O)OC[C@H]1O[C@@H](n2cnc3c(N)ncnc32)[C@H](O)[C@@H]1OP(=O)(O)O)C(O)C(=O)NCCC(=O)NCC[SH](C=O)C1C=CC=CCC1O. The van der Waals surface area contributed by atoms with Gasteiger partial charge in [-0.3, -0.25) is 32.5 Å². The number of ether oxygens (including phenoxy) is 1. The first kappa shape index (κ1) is 47.7. The maximum Gasteiger partial charge on any atom is 0.481 e. The fourth-order valence-electron chi connectivity index (χ4n) is 5.61. The number of carbonyl (C=O) groups is 3. The van der Waals surface area contributed by atoms with Crippen LogP contribution in [-0.4, -0.2) is 140 Å². The summed E-state index contributed by atoms with van der Waals surface area (Å²) in [6.07, 6.45) is -0.251. The third kappa shape index (κ3) is 13.2. The summed E-state index contributed by atoms with van der Waals surface area (Å²) >= 11 is 0. The third-order valence-electron chi connectivity index (χ3n) is 8.62. The van der Waals surface area contributed by atoms with E-state index in [4.69, 9.17) is 19.5 Å². The lowest BCUT2D eigenvalue weighted by molar-refractivity contribution is -0.137. The fourth-order valence-corrected chi connectivity index (χ4v) is 10.2. The monoisotopic (exact) mass is 905 g/mol. The maximum atomic E-state index is 12.7. The van der Waals surface area contributed by atoms with Crippen LogP contribution in [0.15, 0.2) is 37.0 Å². The van der Waals surface area contributed by atoms with Crippen molar-refractivity contribution in [2.75, 3.05) is 37.8 Å². The molecule has 10 atom stereocenters. The zero-order valence-corrected chi connectivity index (χ0v) is 34.4. The highest BCUT2D eigenvalue weighted by Crippen LogP contribution is 2.61. The van der Waals surface area contributed by atoms with Gasteiger partial charge in [-0.2, -0.15) is 15.2 Å². The quantitative estimate of drug-likeness (QED) is 0.0400. The normalized spacial score (nSPS) is 26.0. The molecule has 2 aromatic rings. The second-order valence-corrected chi connectivity index (χ2v) is 20.0. The number of aliphatic hydroxyl groups excluding tert-OH is 3. The number of carbonyl (C=O) groups excluding carboxylic acids is 3. The largest absolute Gasteiger partial charge is 0.481 e. The van der Waals surface area contributed by atoms with E-state index >= 15 is 0 Å². The molecule has 11 N–H and O–H groups in total. The van der Waals surface area contributed by atoms with Crippen molar-refractivity contribution in [2.45, 2.75) is 68.7 Å². The Kier molecular flexibility index (Phi) is 16.5. The van der Waals surface area contributed by atoms with Gasteiger partial charge in [-0.25, -0.2) is 28.6 Å². The van der Waals surface area contributed by atoms with Crippen molar-refractivity contribution in [2.24, 2.45) is 5.41 Å². The predicted octanol–water partition coefficient (Wildman–Crippen LogP) is -1.16. The number of imidazole rings is 1. The average Bonchev–Trinajstić information content (AvgIpc) is 3.61. The van der Waals surface area contributed by atoms with Crippen LogP contribution in [0.2, 0.25) is 0 Å². The molecular formula is C29H46N7O18P3S. The highest BCUT2D eigenvalue weighted by atomic mass is 32.2. The molecule has 2 amide bonds. The van der Waals surface area contributed by atoms with Gasteiger partial charge in [-0.15, -0.1) is 0 Å². The smallest absolute Gasteiger partial charge is 0.391 e. The van der Waals surface area contributed by atoms with E-state index in [9.17, 15) is 63.0 Å². The Labute approximate surface area is 332 Å². The Morgan fingerprint density at radius 2 is 1.79 bits per heavy atom. The summed E-state index contributed by atoms with van der Waals surface area (Å²) in [5.41, 5.74) is 5.02. The standard InChI is InChI=1S/C29H46N7O18P3S/c1-29(2,24(41)27(42)32-9-8-20(39)31-10-11-58(16-37)19-7-5-3-4-6-17(19)38)13-51-57(48,49)54-56(46,47)50-12-18-23(53-55(43,44)45)22(40)28(52-18)36-15-35-21-25(30)33-14-34-26(21)36/h3-5,7,14-19,22-24,28,38,40-41,58H,6,8-13H2,1-2H3,(H,31,39)(H,32,42)(H,46,47)(H,48,49)(H2,30,33,34)(H2,43,44,45)/t17?,18-,19?,22-,23-,24?,28-/m1/s1. The van der Waals surface area contributed by atoms with Crippen LogP contribution in [0.1, 0.15) is 32.9 Å². The third-order valence-corrected chi connectivity index (χ3v) is 14.0. The molecule has 0 saturated carbocycles. The van der Waals surface area contributed by atoms with Gasteiger partial charge in [0.2, 0.25) is 11.8 Å². The lowest BCUT2D eigenvalue weighted by Crippen LogP contribution is -2.46. The highest BCUT2D eigenvalue weighted by Gasteiger charge is 2.50. The van der Waals surface area contributed by atoms with E-state index in [1.165, 1.54) is 13.8 Å². The molecule has 1 aliphatic heterocycles. The summed E-state index contributed by atoms with van der Waals surface area (Å²) in [6, 6.07) is 0. The minimum Gasteiger partial charge on any atom is -0.391 e.